The van der Waals surface area contributed by atoms with E-state index in [1.54, 1.807) is 23.1 Å². The largest absolute Gasteiger partial charge is 0.459 e. The second-order valence-corrected chi connectivity index (χ2v) is 15.3. The Kier molecular flexibility index (Phi) is 19.3. The number of benzene rings is 2. The van der Waals surface area contributed by atoms with Gasteiger partial charge in [-0.1, -0.05) is 60.5 Å². The molecule has 3 aliphatic rings. The minimum absolute atomic E-state index is 0.0183. The van der Waals surface area contributed by atoms with Crippen molar-refractivity contribution in [3.8, 4) is 11.5 Å². The Labute approximate surface area is 359 Å². The van der Waals surface area contributed by atoms with Gasteiger partial charge in [0, 0.05) is 44.2 Å². The van der Waals surface area contributed by atoms with Gasteiger partial charge in [0.2, 0.25) is 5.79 Å². The van der Waals surface area contributed by atoms with Gasteiger partial charge in [0.05, 0.1) is 51.3 Å². The van der Waals surface area contributed by atoms with Crippen LogP contribution in [0.1, 0.15) is 75.8 Å². The average molecular weight is 852 g/mol. The molecule has 2 aliphatic carbocycles. The molecule has 1 saturated carbocycles. The Morgan fingerprint density at radius 1 is 0.967 bits per heavy atom. The molecule has 61 heavy (non-hydrogen) atoms. The van der Waals surface area contributed by atoms with Crippen LogP contribution in [0.4, 0.5) is 9.59 Å². The molecule has 1 aliphatic heterocycles. The van der Waals surface area contributed by atoms with Crippen LogP contribution in [0.15, 0.2) is 78.0 Å². The molecule has 2 amide bonds. The Bertz CT molecular complexity index is 1740. The van der Waals surface area contributed by atoms with Crippen LogP contribution < -0.4 is 14.8 Å². The number of hydrogen-bond donors (Lipinski definition) is 4. The van der Waals surface area contributed by atoms with Crippen molar-refractivity contribution in [3.05, 3.63) is 84.0 Å². The summed E-state index contributed by atoms with van der Waals surface area (Å²) in [5, 5.41) is 36.7. The first-order valence-corrected chi connectivity index (χ1v) is 21.7. The van der Waals surface area contributed by atoms with E-state index in [0.29, 0.717) is 49.8 Å². The van der Waals surface area contributed by atoms with E-state index >= 15 is 0 Å². The minimum atomic E-state index is -1.53. The maximum absolute atomic E-state index is 14.5. The maximum Gasteiger partial charge on any atom is 0.412 e. The highest BCUT2D eigenvalue weighted by atomic mass is 16.7. The van der Waals surface area contributed by atoms with Gasteiger partial charge in [-0.15, -0.1) is 6.58 Å². The smallest absolute Gasteiger partial charge is 0.412 e. The monoisotopic (exact) mass is 851 g/mol. The third kappa shape index (κ3) is 12.3. The van der Waals surface area contributed by atoms with E-state index in [1.807, 2.05) is 50.2 Å². The predicted molar refractivity (Wildman–Crippen MR) is 228 cm³/mol. The van der Waals surface area contributed by atoms with Gasteiger partial charge in [0.1, 0.15) is 30.8 Å². The summed E-state index contributed by atoms with van der Waals surface area (Å²) in [7, 11) is 0. The molecule has 0 saturated heterocycles. The fourth-order valence-electron chi connectivity index (χ4n) is 8.88. The molecule has 1 heterocycles. The van der Waals surface area contributed by atoms with Gasteiger partial charge in [-0.2, -0.15) is 0 Å². The lowest BCUT2D eigenvalue weighted by Gasteiger charge is -2.59. The third-order valence-electron chi connectivity index (χ3n) is 11.4. The molecule has 336 valence electrons. The van der Waals surface area contributed by atoms with Crippen molar-refractivity contribution < 1.29 is 58.2 Å². The molecule has 5 rings (SSSR count). The molecule has 4 N–H and O–H groups in total. The van der Waals surface area contributed by atoms with Crippen LogP contribution in [0.2, 0.25) is 0 Å². The van der Waals surface area contributed by atoms with Crippen LogP contribution in [0, 0.1) is 17.8 Å². The number of nitrogens with one attached hydrogen (secondary N) is 1. The molecule has 0 bridgehead atoms. The first-order valence-electron chi connectivity index (χ1n) is 21.7. The van der Waals surface area contributed by atoms with E-state index < -0.39 is 29.9 Å². The lowest BCUT2D eigenvalue weighted by molar-refractivity contribution is -0.256. The number of amides is 2. The summed E-state index contributed by atoms with van der Waals surface area (Å²) in [6, 6.07) is 14.2. The molecular formula is C46H65N3O12. The third-order valence-corrected chi connectivity index (χ3v) is 11.4. The highest BCUT2D eigenvalue weighted by molar-refractivity contribution is 6.03. The van der Waals surface area contributed by atoms with Crippen molar-refractivity contribution in [3.63, 3.8) is 0 Å². The lowest BCUT2D eigenvalue weighted by Crippen LogP contribution is -2.70. The van der Waals surface area contributed by atoms with E-state index in [9.17, 15) is 24.9 Å². The molecule has 15 nitrogen and oxygen atoms in total. The summed E-state index contributed by atoms with van der Waals surface area (Å²) in [5.74, 6) is -1.60. The van der Waals surface area contributed by atoms with Crippen LogP contribution in [-0.2, 0) is 30.4 Å². The molecule has 0 radical (unpaired) electrons. The van der Waals surface area contributed by atoms with E-state index in [-0.39, 0.29) is 83.6 Å². The van der Waals surface area contributed by atoms with Crippen LogP contribution >= 0.6 is 0 Å². The van der Waals surface area contributed by atoms with Crippen LogP contribution in [-0.4, -0.2) is 122 Å². The molecule has 0 aromatic heterocycles. The fourth-order valence-corrected chi connectivity index (χ4v) is 8.88. The van der Waals surface area contributed by atoms with Gasteiger partial charge in [0.15, 0.2) is 0 Å². The number of hydrogen-bond acceptors (Lipinski definition) is 13. The van der Waals surface area contributed by atoms with Gasteiger partial charge in [-0.3, -0.25) is 4.90 Å². The Balaban J connectivity index is 1.65. The van der Waals surface area contributed by atoms with Crippen molar-refractivity contribution in [1.82, 2.24) is 10.2 Å². The molecular weight excluding hydrogens is 787 g/mol. The number of aliphatic hydroxyl groups is 3. The Morgan fingerprint density at radius 3 is 2.48 bits per heavy atom. The average Bonchev–Trinajstić information content (AvgIpc) is 3.26. The summed E-state index contributed by atoms with van der Waals surface area (Å²) in [5.41, 5.74) is 3.30. The number of fused-ring (bicyclic) bond motifs is 2. The SMILES string of the molecule is C=CCO[C@@]12Oc3ccc(OC(=O)NCC)cc3[C@H]3[C@H](CCCCO)[C@@H](CCCCO)C=C(C(=NOCC)C[C@@H]1N(CCOCCO)C(=O)OCCOCc1ccccc1)[C@H]32. The number of unbranched alkanes of at least 4 members (excludes halogenated alkanes) is 2. The first kappa shape index (κ1) is 47.5. The van der Waals surface area contributed by atoms with E-state index in [4.69, 9.17) is 38.4 Å². The zero-order valence-electron chi connectivity index (χ0n) is 35.7. The number of oxime groups is 1. The zero-order chi connectivity index (χ0) is 43.5. The normalized spacial score (nSPS) is 23.2. The number of carbonyl (C=O) groups excluding carboxylic acids is 2. The summed E-state index contributed by atoms with van der Waals surface area (Å²) >= 11 is 0. The molecule has 6 atom stereocenters. The number of ether oxygens (including phenoxy) is 6. The molecule has 0 unspecified atom stereocenters. The van der Waals surface area contributed by atoms with E-state index in [0.717, 1.165) is 42.4 Å². The second kappa shape index (κ2) is 24.8. The maximum atomic E-state index is 14.5. The highest BCUT2D eigenvalue weighted by Crippen LogP contribution is 2.62. The molecule has 2 aromatic carbocycles. The predicted octanol–water partition coefficient (Wildman–Crippen LogP) is 6.11. The Morgan fingerprint density at radius 2 is 1.75 bits per heavy atom. The van der Waals surface area contributed by atoms with Crippen molar-refractivity contribution >= 4 is 17.9 Å². The summed E-state index contributed by atoms with van der Waals surface area (Å²) < 4.78 is 37.4. The van der Waals surface area contributed by atoms with Crippen LogP contribution in [0.5, 0.6) is 11.5 Å². The van der Waals surface area contributed by atoms with Gasteiger partial charge in [-0.25, -0.2) is 9.59 Å². The fraction of sp³-hybridized carbons (Fsp3) is 0.587. The van der Waals surface area contributed by atoms with Crippen molar-refractivity contribution in [1.29, 1.82) is 0 Å². The van der Waals surface area contributed by atoms with Crippen molar-refractivity contribution in [2.75, 3.05) is 72.6 Å². The number of nitrogens with zero attached hydrogens (tertiary/aromatic N) is 2. The van der Waals surface area contributed by atoms with Crippen LogP contribution in [0.25, 0.3) is 0 Å². The summed E-state index contributed by atoms with van der Waals surface area (Å²) in [6.07, 6.45) is 7.13. The van der Waals surface area contributed by atoms with Gasteiger partial charge < -0.3 is 53.9 Å². The molecule has 1 fully saturated rings. The Hall–Kier alpha value is -4.51. The number of aliphatic hydroxyl groups excluding tert-OH is 3. The summed E-state index contributed by atoms with van der Waals surface area (Å²) in [4.78, 5) is 34.6. The summed E-state index contributed by atoms with van der Waals surface area (Å²) in [6.45, 7) is 9.06. The molecule has 0 spiro atoms. The standard InChI is InChI=1S/C46H65N3O12/c1-4-24-58-46-41(49(20-25-55-26-23-52)45(54)57-28-27-56-32-33-14-8-7-9-15-33)31-39(48-59-6-3)37-29-34(16-10-12-21-50)36(17-11-13-22-51)42(43(37)46)38-30-35(18-19-40(38)61-46)60-44(53)47-5-2/h4,7-9,14-15,18-19,29-30,34,36,41-43,50-52H,1,5-6,10-13,16-17,20-28,31-32H2,2-3H3,(H,47,53)/t34-,36+,41-,42+,43+,46+/m0/s1. The highest BCUT2D eigenvalue weighted by Gasteiger charge is 2.65. The van der Waals surface area contributed by atoms with E-state index in [2.05, 4.69) is 18.0 Å². The second-order valence-electron chi connectivity index (χ2n) is 15.3. The van der Waals surface area contributed by atoms with E-state index in [1.165, 1.54) is 0 Å². The van der Waals surface area contributed by atoms with Crippen LogP contribution in [0.3, 0.4) is 0 Å². The number of carbonyl (C=O) groups is 2. The zero-order valence-corrected chi connectivity index (χ0v) is 35.7. The van der Waals surface area contributed by atoms with Gasteiger partial charge in [-0.05, 0) is 80.7 Å². The van der Waals surface area contributed by atoms with Crippen molar-refractivity contribution in [2.24, 2.45) is 22.9 Å². The number of allylic oxidation sites excluding steroid dienone is 1. The first-order chi connectivity index (χ1) is 29.8. The minimum Gasteiger partial charge on any atom is -0.459 e. The number of rotatable bonds is 26. The lowest BCUT2D eigenvalue weighted by atomic mass is 9.55. The van der Waals surface area contributed by atoms with Gasteiger partial charge >= 0.3 is 12.2 Å². The molecule has 2 aromatic rings. The van der Waals surface area contributed by atoms with Crippen molar-refractivity contribution in [2.45, 2.75) is 83.1 Å². The van der Waals surface area contributed by atoms with Gasteiger partial charge in [0.25, 0.3) is 0 Å². The quantitative estimate of drug-likeness (QED) is 0.0484. The molecule has 15 heteroatoms. The topological polar surface area (TPSA) is 187 Å².